The summed E-state index contributed by atoms with van der Waals surface area (Å²) < 4.78 is 11.5. The van der Waals surface area contributed by atoms with Crippen molar-refractivity contribution in [1.82, 2.24) is 9.96 Å². The number of likely N-dealkylation sites (tertiary alicyclic amines) is 1. The topological polar surface area (TPSA) is 79.3 Å². The Kier molecular flexibility index (Phi) is 7.26. The van der Waals surface area contributed by atoms with Gasteiger partial charge in [-0.1, -0.05) is 6.92 Å². The number of piperidine rings is 2. The van der Waals surface area contributed by atoms with Gasteiger partial charge in [-0.2, -0.15) is 5.06 Å². The Labute approximate surface area is 188 Å². The van der Waals surface area contributed by atoms with Crippen LogP contribution in [0.25, 0.3) is 0 Å². The summed E-state index contributed by atoms with van der Waals surface area (Å²) in [6, 6.07) is 0. The van der Waals surface area contributed by atoms with Gasteiger partial charge in [0, 0.05) is 47.8 Å². The highest BCUT2D eigenvalue weighted by Crippen LogP contribution is 2.39. The molecule has 180 valence electrons. The molecule has 2 aliphatic rings. The molecule has 0 saturated carbocycles. The van der Waals surface area contributed by atoms with Gasteiger partial charge in [-0.05, 0) is 62.4 Å². The van der Waals surface area contributed by atoms with Crippen LogP contribution in [0.15, 0.2) is 0 Å². The summed E-state index contributed by atoms with van der Waals surface area (Å²) in [5.74, 6) is -1.29. The van der Waals surface area contributed by atoms with Crippen LogP contribution in [0.4, 0.5) is 0 Å². The Hall–Kier alpha value is -1.18. The molecule has 0 radical (unpaired) electrons. The third kappa shape index (κ3) is 5.99. The minimum absolute atomic E-state index is 0.00155. The van der Waals surface area contributed by atoms with Gasteiger partial charge in [-0.3, -0.25) is 14.5 Å². The minimum Gasteiger partial charge on any atom is -0.462 e. The number of hydroxylamine groups is 2. The minimum atomic E-state index is -0.558. The van der Waals surface area contributed by atoms with E-state index in [0.717, 1.165) is 12.8 Å². The van der Waals surface area contributed by atoms with Gasteiger partial charge < -0.3 is 14.7 Å². The summed E-state index contributed by atoms with van der Waals surface area (Å²) in [6.45, 7) is 18.1. The molecule has 0 aliphatic carbocycles. The van der Waals surface area contributed by atoms with Crippen LogP contribution < -0.4 is 0 Å². The number of hydrogen-bond donors (Lipinski definition) is 1. The number of hydrogen-bond acceptors (Lipinski definition) is 7. The Bertz CT molecular complexity index is 649. The molecule has 0 aromatic carbocycles. The van der Waals surface area contributed by atoms with E-state index in [1.807, 2.05) is 27.7 Å². The molecule has 7 heteroatoms. The van der Waals surface area contributed by atoms with Gasteiger partial charge >= 0.3 is 11.9 Å². The second-order valence-corrected chi connectivity index (χ2v) is 12.2. The maximum atomic E-state index is 12.7. The molecule has 0 spiro atoms. The molecular formula is C24H44N2O5. The molecule has 2 fully saturated rings. The van der Waals surface area contributed by atoms with Crippen molar-refractivity contribution in [3.63, 3.8) is 0 Å². The van der Waals surface area contributed by atoms with Crippen molar-refractivity contribution in [2.45, 2.75) is 129 Å². The Morgan fingerprint density at radius 3 is 1.68 bits per heavy atom. The summed E-state index contributed by atoms with van der Waals surface area (Å²) in [4.78, 5) is 27.6. The lowest BCUT2D eigenvalue weighted by Crippen LogP contribution is -2.60. The first-order chi connectivity index (χ1) is 13.9. The van der Waals surface area contributed by atoms with Crippen molar-refractivity contribution in [2.75, 3.05) is 7.05 Å². The van der Waals surface area contributed by atoms with Gasteiger partial charge in [0.15, 0.2) is 0 Å². The fourth-order valence-electron chi connectivity index (χ4n) is 5.47. The number of rotatable bonds is 5. The molecule has 0 amide bonds. The summed E-state index contributed by atoms with van der Waals surface area (Å²) in [6.07, 6.45) is 2.15. The van der Waals surface area contributed by atoms with Crippen LogP contribution in [0, 0.1) is 5.92 Å². The second kappa shape index (κ2) is 8.64. The molecule has 1 atom stereocenters. The second-order valence-electron chi connectivity index (χ2n) is 12.2. The smallest absolute Gasteiger partial charge is 0.309 e. The molecular weight excluding hydrogens is 396 g/mol. The van der Waals surface area contributed by atoms with Gasteiger partial charge in [0.25, 0.3) is 0 Å². The number of esters is 2. The van der Waals surface area contributed by atoms with Crippen LogP contribution in [0.2, 0.25) is 0 Å². The van der Waals surface area contributed by atoms with Crippen molar-refractivity contribution in [1.29, 1.82) is 0 Å². The van der Waals surface area contributed by atoms with Crippen molar-refractivity contribution < 1.29 is 24.3 Å². The van der Waals surface area contributed by atoms with E-state index in [1.165, 1.54) is 5.06 Å². The van der Waals surface area contributed by atoms with Gasteiger partial charge in [-0.25, -0.2) is 0 Å². The summed E-state index contributed by atoms with van der Waals surface area (Å²) in [5, 5.41) is 11.8. The maximum absolute atomic E-state index is 12.7. The molecule has 1 unspecified atom stereocenters. The molecule has 0 aromatic heterocycles. The predicted molar refractivity (Wildman–Crippen MR) is 120 cm³/mol. The van der Waals surface area contributed by atoms with Crippen LogP contribution >= 0.6 is 0 Å². The lowest BCUT2D eigenvalue weighted by molar-refractivity contribution is -0.259. The largest absolute Gasteiger partial charge is 0.462 e. The molecule has 0 aromatic rings. The van der Waals surface area contributed by atoms with Gasteiger partial charge in [0.05, 0.1) is 12.3 Å². The SMILES string of the molecule is CC(CC(=O)OC1CC(C)(C)N(O)C(C)(C)C1)C(=O)OC1CC(C)(C)N(C)C(C)(C)C1. The van der Waals surface area contributed by atoms with E-state index in [9.17, 15) is 14.8 Å². The fraction of sp³-hybridized carbons (Fsp3) is 0.917. The molecule has 2 saturated heterocycles. The lowest BCUT2D eigenvalue weighted by atomic mass is 9.78. The van der Waals surface area contributed by atoms with E-state index in [1.54, 1.807) is 6.92 Å². The van der Waals surface area contributed by atoms with E-state index in [-0.39, 0.29) is 35.7 Å². The molecule has 2 rings (SSSR count). The van der Waals surface area contributed by atoms with Gasteiger partial charge in [-0.15, -0.1) is 0 Å². The Balaban J connectivity index is 1.91. The summed E-state index contributed by atoms with van der Waals surface area (Å²) >= 11 is 0. The number of nitrogens with zero attached hydrogens (tertiary/aromatic N) is 2. The van der Waals surface area contributed by atoms with Gasteiger partial charge in [0.2, 0.25) is 0 Å². The van der Waals surface area contributed by atoms with Gasteiger partial charge in [0.1, 0.15) is 12.2 Å². The molecule has 2 heterocycles. The van der Waals surface area contributed by atoms with Crippen molar-refractivity contribution in [3.8, 4) is 0 Å². The molecule has 2 aliphatic heterocycles. The highest BCUT2D eigenvalue weighted by molar-refractivity contribution is 5.79. The van der Waals surface area contributed by atoms with Crippen molar-refractivity contribution >= 4 is 11.9 Å². The van der Waals surface area contributed by atoms with Crippen LogP contribution in [-0.4, -0.2) is 68.5 Å². The Morgan fingerprint density at radius 1 is 0.839 bits per heavy atom. The van der Waals surface area contributed by atoms with E-state index < -0.39 is 23.0 Å². The predicted octanol–water partition coefficient (Wildman–Crippen LogP) is 4.16. The summed E-state index contributed by atoms with van der Waals surface area (Å²) in [7, 11) is 2.11. The van der Waals surface area contributed by atoms with E-state index in [4.69, 9.17) is 9.47 Å². The summed E-state index contributed by atoms with van der Waals surface area (Å²) in [5.41, 5.74) is -1.14. The lowest BCUT2D eigenvalue weighted by Gasteiger charge is -2.53. The Morgan fingerprint density at radius 2 is 1.23 bits per heavy atom. The quantitative estimate of drug-likeness (QED) is 0.643. The van der Waals surface area contributed by atoms with Crippen LogP contribution in [-0.2, 0) is 19.1 Å². The van der Waals surface area contributed by atoms with Crippen LogP contribution in [0.1, 0.15) is 94.4 Å². The monoisotopic (exact) mass is 440 g/mol. The highest BCUT2D eigenvalue weighted by atomic mass is 16.6. The first-order valence-electron chi connectivity index (χ1n) is 11.5. The van der Waals surface area contributed by atoms with Crippen LogP contribution in [0.3, 0.4) is 0 Å². The molecule has 0 bridgehead atoms. The maximum Gasteiger partial charge on any atom is 0.309 e. The number of carbonyl (C=O) groups is 2. The average molecular weight is 441 g/mol. The number of carbonyl (C=O) groups excluding carboxylic acids is 2. The standard InChI is InChI=1S/C24H44N2O5/c1-16(20(28)31-18-12-21(2,3)25(10)22(4,5)13-18)11-19(27)30-17-14-23(6,7)26(29)24(8,9)15-17/h16-18,29H,11-15H2,1-10H3. The van der Waals surface area contributed by atoms with Crippen LogP contribution in [0.5, 0.6) is 0 Å². The molecule has 31 heavy (non-hydrogen) atoms. The normalized spacial score (nSPS) is 27.5. The average Bonchev–Trinajstić information content (AvgIpc) is 2.56. The van der Waals surface area contributed by atoms with E-state index in [2.05, 4.69) is 39.6 Å². The zero-order chi connectivity index (χ0) is 24.0. The third-order valence-electron chi connectivity index (χ3n) is 7.33. The van der Waals surface area contributed by atoms with Crippen molar-refractivity contribution in [2.24, 2.45) is 5.92 Å². The van der Waals surface area contributed by atoms with E-state index in [0.29, 0.717) is 12.8 Å². The first-order valence-corrected chi connectivity index (χ1v) is 11.5. The third-order valence-corrected chi connectivity index (χ3v) is 7.33. The molecule has 1 N–H and O–H groups in total. The zero-order valence-electron chi connectivity index (χ0n) is 21.2. The number of ether oxygens (including phenoxy) is 2. The zero-order valence-corrected chi connectivity index (χ0v) is 21.2. The highest BCUT2D eigenvalue weighted by Gasteiger charge is 2.47. The first kappa shape index (κ1) is 26.1. The van der Waals surface area contributed by atoms with Crippen molar-refractivity contribution in [3.05, 3.63) is 0 Å². The fourth-order valence-corrected chi connectivity index (χ4v) is 5.47. The van der Waals surface area contributed by atoms with E-state index >= 15 is 0 Å². The molecule has 7 nitrogen and oxygen atoms in total.